The Balaban J connectivity index is 0.00000191. The largest absolute Gasteiger partial charge is 0.490 e. The van der Waals surface area contributed by atoms with E-state index in [1.807, 2.05) is 32.9 Å². The Morgan fingerprint density at radius 3 is 2.33 bits per heavy atom. The average molecular weight is 292 g/mol. The molecule has 0 aliphatic heterocycles. The number of aryl methyl sites for hydroxylation is 1. The molecule has 0 aromatic heterocycles. The molecule has 0 aliphatic rings. The van der Waals surface area contributed by atoms with Crippen LogP contribution in [0.5, 0.6) is 5.75 Å². The maximum Gasteiger partial charge on any atom is 0.119 e. The molecule has 0 spiro atoms. The van der Waals surface area contributed by atoms with E-state index in [9.17, 15) is 0 Å². The number of hydrogen-bond acceptors (Lipinski definition) is 2. The SMILES string of the molecule is CC.CCOCCCCC/C=C/COc1ccc(C)cc1. The summed E-state index contributed by atoms with van der Waals surface area (Å²) in [6.45, 7) is 10.5. The highest BCUT2D eigenvalue weighted by molar-refractivity contribution is 5.26. The zero-order valence-corrected chi connectivity index (χ0v) is 14.2. The third-order valence-electron chi connectivity index (χ3n) is 2.90. The smallest absolute Gasteiger partial charge is 0.119 e. The maximum atomic E-state index is 5.61. The second-order valence-corrected chi connectivity index (χ2v) is 4.64. The monoisotopic (exact) mass is 292 g/mol. The quantitative estimate of drug-likeness (QED) is 0.415. The average Bonchev–Trinajstić information content (AvgIpc) is 2.53. The van der Waals surface area contributed by atoms with E-state index in [-0.39, 0.29) is 0 Å². The Morgan fingerprint density at radius 1 is 0.952 bits per heavy atom. The van der Waals surface area contributed by atoms with Crippen molar-refractivity contribution in [2.45, 2.75) is 53.4 Å². The Hall–Kier alpha value is -1.28. The third kappa shape index (κ3) is 12.2. The van der Waals surface area contributed by atoms with Crippen LogP contribution in [-0.4, -0.2) is 19.8 Å². The van der Waals surface area contributed by atoms with Crippen molar-refractivity contribution in [3.05, 3.63) is 42.0 Å². The molecule has 1 aromatic carbocycles. The van der Waals surface area contributed by atoms with Crippen LogP contribution in [-0.2, 0) is 4.74 Å². The first-order valence-electron chi connectivity index (χ1n) is 8.25. The number of ether oxygens (including phenoxy) is 2. The standard InChI is InChI=1S/C17H26O2.C2H6/c1-3-18-14-8-6-4-5-7-9-15-19-17-12-10-16(2)11-13-17;1-2/h7,9-13H,3-6,8,14-15H2,1-2H3;1-2H3/b9-7+;. The van der Waals surface area contributed by atoms with Crippen molar-refractivity contribution < 1.29 is 9.47 Å². The van der Waals surface area contributed by atoms with Gasteiger partial charge in [0.15, 0.2) is 0 Å². The lowest BCUT2D eigenvalue weighted by Gasteiger charge is -2.03. The van der Waals surface area contributed by atoms with Crippen molar-refractivity contribution in [1.29, 1.82) is 0 Å². The zero-order valence-electron chi connectivity index (χ0n) is 14.2. The van der Waals surface area contributed by atoms with Gasteiger partial charge in [-0.1, -0.05) is 50.1 Å². The molecule has 0 N–H and O–H groups in total. The van der Waals surface area contributed by atoms with Crippen molar-refractivity contribution in [2.24, 2.45) is 0 Å². The van der Waals surface area contributed by atoms with E-state index in [2.05, 4.69) is 31.2 Å². The first kappa shape index (κ1) is 19.7. The summed E-state index contributed by atoms with van der Waals surface area (Å²) >= 11 is 0. The van der Waals surface area contributed by atoms with E-state index in [4.69, 9.17) is 9.47 Å². The lowest BCUT2D eigenvalue weighted by molar-refractivity contribution is 0.143. The molecule has 0 heterocycles. The van der Waals surface area contributed by atoms with Gasteiger partial charge in [0.2, 0.25) is 0 Å². The van der Waals surface area contributed by atoms with E-state index in [0.29, 0.717) is 6.61 Å². The van der Waals surface area contributed by atoms with Crippen LogP contribution in [0.3, 0.4) is 0 Å². The van der Waals surface area contributed by atoms with Crippen LogP contribution in [0.2, 0.25) is 0 Å². The summed E-state index contributed by atoms with van der Waals surface area (Å²) in [5.74, 6) is 0.937. The summed E-state index contributed by atoms with van der Waals surface area (Å²) < 4.78 is 10.9. The van der Waals surface area contributed by atoms with Crippen molar-refractivity contribution in [2.75, 3.05) is 19.8 Å². The number of hydrogen-bond donors (Lipinski definition) is 0. The molecule has 0 fully saturated rings. The Labute approximate surface area is 131 Å². The second-order valence-electron chi connectivity index (χ2n) is 4.64. The van der Waals surface area contributed by atoms with Gasteiger partial charge in [-0.15, -0.1) is 0 Å². The molecule has 0 saturated heterocycles. The summed E-state index contributed by atoms with van der Waals surface area (Å²) in [5.41, 5.74) is 1.26. The molecule has 2 heteroatoms. The molecule has 120 valence electrons. The number of allylic oxidation sites excluding steroid dienone is 1. The first-order valence-corrected chi connectivity index (χ1v) is 8.25. The predicted molar refractivity (Wildman–Crippen MR) is 92.1 cm³/mol. The third-order valence-corrected chi connectivity index (χ3v) is 2.90. The minimum atomic E-state index is 0.655. The first-order chi connectivity index (χ1) is 10.3. The van der Waals surface area contributed by atoms with Crippen molar-refractivity contribution >= 4 is 0 Å². The summed E-state index contributed by atoms with van der Waals surface area (Å²) in [7, 11) is 0. The van der Waals surface area contributed by atoms with E-state index in [1.165, 1.54) is 24.8 Å². The molecule has 0 amide bonds. The normalized spacial score (nSPS) is 10.3. The lowest BCUT2D eigenvalue weighted by atomic mass is 10.2. The van der Waals surface area contributed by atoms with Crippen LogP contribution in [0.15, 0.2) is 36.4 Å². The summed E-state index contributed by atoms with van der Waals surface area (Å²) in [5, 5.41) is 0. The molecule has 0 bridgehead atoms. The predicted octanol–water partition coefficient (Wildman–Crippen LogP) is 5.55. The number of unbranched alkanes of at least 4 members (excludes halogenated alkanes) is 3. The van der Waals surface area contributed by atoms with Gasteiger partial charge in [-0.05, 0) is 45.2 Å². The highest BCUT2D eigenvalue weighted by atomic mass is 16.5. The minimum Gasteiger partial charge on any atom is -0.490 e. The van der Waals surface area contributed by atoms with Crippen LogP contribution in [0.1, 0.15) is 52.0 Å². The van der Waals surface area contributed by atoms with Crippen molar-refractivity contribution in [3.8, 4) is 5.75 Å². The Morgan fingerprint density at radius 2 is 1.67 bits per heavy atom. The second kappa shape index (κ2) is 15.1. The fraction of sp³-hybridized carbons (Fsp3) is 0.579. The van der Waals surface area contributed by atoms with Gasteiger partial charge in [0.1, 0.15) is 12.4 Å². The maximum absolute atomic E-state index is 5.61. The van der Waals surface area contributed by atoms with E-state index in [0.717, 1.165) is 25.4 Å². The summed E-state index contributed by atoms with van der Waals surface area (Å²) in [4.78, 5) is 0. The number of benzene rings is 1. The van der Waals surface area contributed by atoms with Crippen LogP contribution in [0.25, 0.3) is 0 Å². The molecule has 1 aromatic rings. The molecular weight excluding hydrogens is 260 g/mol. The molecular formula is C19H32O2. The Kier molecular flexibility index (Phi) is 14.2. The van der Waals surface area contributed by atoms with E-state index >= 15 is 0 Å². The molecule has 1 rings (SSSR count). The van der Waals surface area contributed by atoms with Gasteiger partial charge >= 0.3 is 0 Å². The van der Waals surface area contributed by atoms with Crippen LogP contribution >= 0.6 is 0 Å². The zero-order chi connectivity index (χ0) is 15.8. The van der Waals surface area contributed by atoms with Gasteiger partial charge in [-0.3, -0.25) is 0 Å². The molecule has 0 radical (unpaired) electrons. The number of rotatable bonds is 10. The highest BCUT2D eigenvalue weighted by Crippen LogP contribution is 2.11. The van der Waals surface area contributed by atoms with Crippen LogP contribution in [0, 0.1) is 6.92 Å². The highest BCUT2D eigenvalue weighted by Gasteiger charge is 1.90. The van der Waals surface area contributed by atoms with E-state index < -0.39 is 0 Å². The fourth-order valence-electron chi connectivity index (χ4n) is 1.75. The van der Waals surface area contributed by atoms with Gasteiger partial charge in [0.25, 0.3) is 0 Å². The van der Waals surface area contributed by atoms with Gasteiger partial charge in [-0.25, -0.2) is 0 Å². The van der Waals surface area contributed by atoms with E-state index in [1.54, 1.807) is 0 Å². The van der Waals surface area contributed by atoms with Gasteiger partial charge in [0, 0.05) is 13.2 Å². The van der Waals surface area contributed by atoms with Crippen molar-refractivity contribution in [3.63, 3.8) is 0 Å². The summed E-state index contributed by atoms with van der Waals surface area (Å²) in [6.07, 6.45) is 9.07. The molecule has 0 aliphatic carbocycles. The molecule has 0 atom stereocenters. The van der Waals surface area contributed by atoms with Crippen LogP contribution < -0.4 is 4.74 Å². The van der Waals surface area contributed by atoms with Gasteiger partial charge in [0.05, 0.1) is 0 Å². The molecule has 0 unspecified atom stereocenters. The van der Waals surface area contributed by atoms with Gasteiger partial charge in [-0.2, -0.15) is 0 Å². The Bertz CT molecular complexity index is 341. The lowest BCUT2D eigenvalue weighted by Crippen LogP contribution is -1.93. The van der Waals surface area contributed by atoms with Crippen molar-refractivity contribution in [1.82, 2.24) is 0 Å². The van der Waals surface area contributed by atoms with Crippen LogP contribution in [0.4, 0.5) is 0 Å². The fourth-order valence-corrected chi connectivity index (χ4v) is 1.75. The topological polar surface area (TPSA) is 18.5 Å². The molecule has 0 saturated carbocycles. The van der Waals surface area contributed by atoms with Gasteiger partial charge < -0.3 is 9.47 Å². The minimum absolute atomic E-state index is 0.655. The molecule has 2 nitrogen and oxygen atoms in total. The molecule has 21 heavy (non-hydrogen) atoms. The summed E-state index contributed by atoms with van der Waals surface area (Å²) in [6, 6.07) is 8.16.